The van der Waals surface area contributed by atoms with Gasteiger partial charge in [-0.05, 0) is 17.9 Å². The van der Waals surface area contributed by atoms with E-state index >= 15 is 0 Å². The Kier molecular flexibility index (Phi) is 7.03. The van der Waals surface area contributed by atoms with Crippen LogP contribution in [-0.4, -0.2) is 44.9 Å². The molecular formula is C20H27N5OS. The Labute approximate surface area is 165 Å². The maximum atomic E-state index is 12.2. The van der Waals surface area contributed by atoms with Crippen LogP contribution in [0.1, 0.15) is 39.7 Å². The van der Waals surface area contributed by atoms with E-state index in [-0.39, 0.29) is 17.1 Å². The first-order valence-corrected chi connectivity index (χ1v) is 10.0. The quantitative estimate of drug-likeness (QED) is 0.679. The Hall–Kier alpha value is -2.33. The molecule has 0 aliphatic carbocycles. The van der Waals surface area contributed by atoms with Crippen LogP contribution in [0.2, 0.25) is 0 Å². The fraction of sp³-hybridized carbons (Fsp3) is 0.500. The second-order valence-corrected chi connectivity index (χ2v) is 8.33. The number of aromatic nitrogens is 3. The number of thioether (sulfide) groups is 1. The van der Waals surface area contributed by atoms with Gasteiger partial charge >= 0.3 is 0 Å². The minimum atomic E-state index is -0.0167. The van der Waals surface area contributed by atoms with E-state index in [1.807, 2.05) is 11.5 Å². The van der Waals surface area contributed by atoms with E-state index in [9.17, 15) is 4.79 Å². The molecule has 7 heteroatoms. The molecule has 0 radical (unpaired) electrons. The van der Waals surface area contributed by atoms with E-state index in [1.165, 1.54) is 17.3 Å². The van der Waals surface area contributed by atoms with Crippen LogP contribution in [0.25, 0.3) is 11.4 Å². The van der Waals surface area contributed by atoms with Crippen molar-refractivity contribution in [2.75, 3.05) is 19.3 Å². The minimum absolute atomic E-state index is 0.0167. The summed E-state index contributed by atoms with van der Waals surface area (Å²) in [5.41, 5.74) is 2.40. The number of carbonyl (C=O) groups is 1. The first kappa shape index (κ1) is 21.0. The third kappa shape index (κ3) is 5.33. The zero-order valence-corrected chi connectivity index (χ0v) is 17.5. The van der Waals surface area contributed by atoms with Crippen LogP contribution < -0.4 is 0 Å². The van der Waals surface area contributed by atoms with Gasteiger partial charge in [0.2, 0.25) is 5.91 Å². The molecule has 6 nitrogen and oxygen atoms in total. The first-order chi connectivity index (χ1) is 12.8. The molecule has 0 N–H and O–H groups in total. The van der Waals surface area contributed by atoms with Crippen LogP contribution in [0.3, 0.4) is 0 Å². The monoisotopic (exact) mass is 385 g/mol. The van der Waals surface area contributed by atoms with Crippen molar-refractivity contribution < 1.29 is 4.79 Å². The van der Waals surface area contributed by atoms with E-state index in [2.05, 4.69) is 61.3 Å². The molecular weight excluding hydrogens is 358 g/mol. The molecule has 0 saturated carbocycles. The highest BCUT2D eigenvalue weighted by Gasteiger charge is 2.17. The van der Waals surface area contributed by atoms with Crippen LogP contribution in [-0.2, 0) is 16.8 Å². The molecule has 0 aliphatic rings. The number of nitriles is 1. The van der Waals surface area contributed by atoms with Gasteiger partial charge in [0.1, 0.15) is 0 Å². The second-order valence-electron chi connectivity index (χ2n) is 7.39. The second kappa shape index (κ2) is 9.05. The highest BCUT2D eigenvalue weighted by molar-refractivity contribution is 7.99. The Morgan fingerprint density at radius 1 is 1.26 bits per heavy atom. The molecule has 0 unspecified atom stereocenters. The molecule has 2 rings (SSSR count). The normalized spacial score (nSPS) is 11.3. The Morgan fingerprint density at radius 2 is 1.93 bits per heavy atom. The highest BCUT2D eigenvalue weighted by Crippen LogP contribution is 2.27. The number of nitrogens with zero attached hydrogens (tertiary/aromatic N) is 5. The molecule has 1 heterocycles. The predicted molar refractivity (Wildman–Crippen MR) is 108 cm³/mol. The summed E-state index contributed by atoms with van der Waals surface area (Å²) >= 11 is 1.38. The molecule has 1 aromatic carbocycles. The van der Waals surface area contributed by atoms with Crippen LogP contribution >= 0.6 is 11.8 Å². The molecule has 0 spiro atoms. The van der Waals surface area contributed by atoms with Gasteiger partial charge in [-0.25, -0.2) is 0 Å². The Balaban J connectivity index is 2.13. The van der Waals surface area contributed by atoms with Crippen molar-refractivity contribution >= 4 is 17.7 Å². The summed E-state index contributed by atoms with van der Waals surface area (Å²) in [6.45, 7) is 9.79. The highest BCUT2D eigenvalue weighted by atomic mass is 32.2. The average molecular weight is 386 g/mol. The third-order valence-corrected chi connectivity index (χ3v) is 5.30. The molecule has 27 heavy (non-hydrogen) atoms. The van der Waals surface area contributed by atoms with Gasteiger partial charge in [-0.3, -0.25) is 4.79 Å². The topological polar surface area (TPSA) is 74.8 Å². The number of amides is 1. The molecule has 0 aliphatic heterocycles. The summed E-state index contributed by atoms with van der Waals surface area (Å²) in [7, 11) is 1.72. The number of hydrogen-bond acceptors (Lipinski definition) is 5. The summed E-state index contributed by atoms with van der Waals surface area (Å²) in [6, 6.07) is 10.5. The standard InChI is InChI=1S/C20H27N5OS/c1-6-25-18(15-8-10-16(11-9-15)20(2,3)4)22-23-19(25)27-14-17(26)24(5)13-7-12-21/h8-11H,6-7,13-14H2,1-5H3. The van der Waals surface area contributed by atoms with Crippen molar-refractivity contribution in [3.05, 3.63) is 29.8 Å². The summed E-state index contributed by atoms with van der Waals surface area (Å²) in [5.74, 6) is 1.07. The molecule has 0 atom stereocenters. The largest absolute Gasteiger partial charge is 0.344 e. The van der Waals surface area contributed by atoms with Crippen molar-refractivity contribution in [1.82, 2.24) is 19.7 Å². The zero-order chi connectivity index (χ0) is 20.0. The van der Waals surface area contributed by atoms with Gasteiger partial charge in [-0.2, -0.15) is 5.26 Å². The van der Waals surface area contributed by atoms with E-state index in [4.69, 9.17) is 5.26 Å². The smallest absolute Gasteiger partial charge is 0.232 e. The van der Waals surface area contributed by atoms with E-state index < -0.39 is 0 Å². The average Bonchev–Trinajstić information content (AvgIpc) is 3.06. The lowest BCUT2D eigenvalue weighted by atomic mass is 9.87. The fourth-order valence-electron chi connectivity index (χ4n) is 2.59. The lowest BCUT2D eigenvalue weighted by Crippen LogP contribution is -2.29. The van der Waals surface area contributed by atoms with Crippen molar-refractivity contribution in [1.29, 1.82) is 5.26 Å². The van der Waals surface area contributed by atoms with E-state index in [1.54, 1.807) is 11.9 Å². The van der Waals surface area contributed by atoms with Crippen molar-refractivity contribution in [3.63, 3.8) is 0 Å². The maximum absolute atomic E-state index is 12.2. The van der Waals surface area contributed by atoms with Crippen molar-refractivity contribution in [2.45, 2.75) is 51.2 Å². The van der Waals surface area contributed by atoms with Gasteiger partial charge < -0.3 is 9.47 Å². The summed E-state index contributed by atoms with van der Waals surface area (Å²) in [4.78, 5) is 13.7. The third-order valence-electron chi connectivity index (χ3n) is 4.35. The number of rotatable bonds is 7. The first-order valence-electron chi connectivity index (χ1n) is 9.05. The van der Waals surface area contributed by atoms with E-state index in [0.29, 0.717) is 13.0 Å². The zero-order valence-electron chi connectivity index (χ0n) is 16.7. The van der Waals surface area contributed by atoms with Gasteiger partial charge in [-0.15, -0.1) is 10.2 Å². The lowest BCUT2D eigenvalue weighted by molar-refractivity contribution is -0.127. The van der Waals surface area contributed by atoms with Crippen LogP contribution in [0.5, 0.6) is 0 Å². The molecule has 2 aromatic rings. The minimum Gasteiger partial charge on any atom is -0.344 e. The SMILES string of the molecule is CCn1c(SCC(=O)N(C)CCC#N)nnc1-c1ccc(C(C)(C)C)cc1. The number of hydrogen-bond donors (Lipinski definition) is 0. The molecule has 1 amide bonds. The maximum Gasteiger partial charge on any atom is 0.232 e. The van der Waals surface area contributed by atoms with Crippen LogP contribution in [0.4, 0.5) is 0 Å². The number of benzene rings is 1. The molecule has 0 bridgehead atoms. The summed E-state index contributed by atoms with van der Waals surface area (Å²) < 4.78 is 2.03. The summed E-state index contributed by atoms with van der Waals surface area (Å²) in [6.07, 6.45) is 0.340. The van der Waals surface area contributed by atoms with Gasteiger partial charge in [0.15, 0.2) is 11.0 Å². The van der Waals surface area contributed by atoms with Gasteiger partial charge in [0, 0.05) is 25.7 Å². The molecule has 0 saturated heterocycles. The Morgan fingerprint density at radius 3 is 2.48 bits per heavy atom. The Bertz CT molecular complexity index is 814. The van der Waals surface area contributed by atoms with Gasteiger partial charge in [0.05, 0.1) is 18.2 Å². The van der Waals surface area contributed by atoms with Crippen LogP contribution in [0, 0.1) is 11.3 Å². The summed E-state index contributed by atoms with van der Waals surface area (Å²) in [5, 5.41) is 18.0. The predicted octanol–water partition coefficient (Wildman–Crippen LogP) is 3.73. The van der Waals surface area contributed by atoms with Gasteiger partial charge in [0.25, 0.3) is 0 Å². The van der Waals surface area contributed by atoms with E-state index in [0.717, 1.165) is 23.1 Å². The number of carbonyl (C=O) groups excluding carboxylic acids is 1. The molecule has 144 valence electrons. The van der Waals surface area contributed by atoms with Crippen molar-refractivity contribution in [3.8, 4) is 17.5 Å². The molecule has 0 fully saturated rings. The van der Waals surface area contributed by atoms with Gasteiger partial charge in [-0.1, -0.05) is 56.8 Å². The fourth-order valence-corrected chi connectivity index (χ4v) is 3.54. The van der Waals surface area contributed by atoms with Crippen molar-refractivity contribution in [2.24, 2.45) is 0 Å². The lowest BCUT2D eigenvalue weighted by Gasteiger charge is -2.19. The molecule has 1 aromatic heterocycles. The van der Waals surface area contributed by atoms with Crippen LogP contribution in [0.15, 0.2) is 29.4 Å².